The molecule has 1 aromatic rings. The number of hydrogen-bond acceptors (Lipinski definition) is 4. The number of carbonyl (C=O) groups is 1. The number of terminal acetylenes is 1. The van der Waals surface area contributed by atoms with Gasteiger partial charge in [0.05, 0.1) is 11.4 Å². The molecule has 1 aromatic carbocycles. The van der Waals surface area contributed by atoms with E-state index in [0.717, 1.165) is 13.1 Å². The van der Waals surface area contributed by atoms with Crippen LogP contribution < -0.4 is 10.0 Å². The molecule has 7 heteroatoms. The predicted molar refractivity (Wildman–Crippen MR) is 102 cm³/mol. The number of carbonyl (C=O) groups excluding carboxylic acids is 1. The lowest BCUT2D eigenvalue weighted by Gasteiger charge is -2.41. The number of sulfonamides is 1. The second-order valence-corrected chi connectivity index (χ2v) is 8.87. The Hall–Kier alpha value is -1.88. The number of rotatable bonds is 7. The van der Waals surface area contributed by atoms with Crippen molar-refractivity contribution in [2.45, 2.75) is 43.5 Å². The van der Waals surface area contributed by atoms with E-state index in [9.17, 15) is 13.2 Å². The first kappa shape index (κ1) is 20.4. The molecular weight excluding hydrogens is 350 g/mol. The summed E-state index contributed by atoms with van der Waals surface area (Å²) in [5, 5.41) is 2.93. The first-order valence-electron chi connectivity index (χ1n) is 8.83. The van der Waals surface area contributed by atoms with Crippen LogP contribution in [0, 0.1) is 12.3 Å². The summed E-state index contributed by atoms with van der Waals surface area (Å²) < 4.78 is 26.6. The molecule has 26 heavy (non-hydrogen) atoms. The van der Waals surface area contributed by atoms with Gasteiger partial charge in [-0.25, -0.2) is 8.42 Å². The Kier molecular flexibility index (Phi) is 6.81. The Balaban J connectivity index is 2.03. The summed E-state index contributed by atoms with van der Waals surface area (Å²) in [6.45, 7) is 6.71. The van der Waals surface area contributed by atoms with Gasteiger partial charge in [-0.05, 0) is 58.0 Å². The number of nitrogens with zero attached hydrogens (tertiary/aromatic N) is 1. The summed E-state index contributed by atoms with van der Waals surface area (Å²) in [6, 6.07) is 5.95. The largest absolute Gasteiger partial charge is 0.350 e. The zero-order valence-electron chi connectivity index (χ0n) is 15.4. The quantitative estimate of drug-likeness (QED) is 0.708. The van der Waals surface area contributed by atoms with E-state index in [1.165, 1.54) is 31.4 Å². The lowest BCUT2D eigenvalue weighted by Crippen LogP contribution is -2.53. The maximum Gasteiger partial charge on any atom is 0.251 e. The average molecular weight is 378 g/mol. The van der Waals surface area contributed by atoms with Crippen LogP contribution in [0.2, 0.25) is 0 Å². The second kappa shape index (κ2) is 8.67. The van der Waals surface area contributed by atoms with Crippen molar-refractivity contribution in [3.63, 3.8) is 0 Å². The van der Waals surface area contributed by atoms with Crippen molar-refractivity contribution in [2.75, 3.05) is 26.2 Å². The van der Waals surface area contributed by atoms with Gasteiger partial charge in [-0.3, -0.25) is 9.69 Å². The smallest absolute Gasteiger partial charge is 0.251 e. The lowest BCUT2D eigenvalue weighted by atomic mass is 9.98. The van der Waals surface area contributed by atoms with Crippen LogP contribution in [-0.4, -0.2) is 50.9 Å². The topological polar surface area (TPSA) is 78.5 Å². The van der Waals surface area contributed by atoms with E-state index in [1.54, 1.807) is 12.1 Å². The summed E-state index contributed by atoms with van der Waals surface area (Å²) >= 11 is 0. The minimum Gasteiger partial charge on any atom is -0.350 e. The van der Waals surface area contributed by atoms with Crippen LogP contribution in [0.5, 0.6) is 0 Å². The minimum atomic E-state index is -3.72. The highest BCUT2D eigenvalue weighted by molar-refractivity contribution is 7.89. The van der Waals surface area contributed by atoms with Gasteiger partial charge in [0.25, 0.3) is 5.91 Å². The Morgan fingerprint density at radius 2 is 1.96 bits per heavy atom. The molecule has 1 fully saturated rings. The normalized spacial score (nSPS) is 16.0. The Morgan fingerprint density at radius 3 is 2.62 bits per heavy atom. The molecule has 1 aliphatic heterocycles. The van der Waals surface area contributed by atoms with Crippen molar-refractivity contribution >= 4 is 15.9 Å². The molecule has 0 aliphatic carbocycles. The summed E-state index contributed by atoms with van der Waals surface area (Å²) in [5.74, 6) is 1.94. The van der Waals surface area contributed by atoms with Crippen LogP contribution in [0.4, 0.5) is 0 Å². The molecule has 0 atom stereocenters. The summed E-state index contributed by atoms with van der Waals surface area (Å²) in [5.41, 5.74) is 0.164. The van der Waals surface area contributed by atoms with Crippen molar-refractivity contribution in [3.05, 3.63) is 29.8 Å². The zero-order chi connectivity index (χ0) is 19.2. The molecule has 0 spiro atoms. The van der Waals surface area contributed by atoms with Crippen LogP contribution in [0.15, 0.2) is 29.2 Å². The SMILES string of the molecule is C#CCNS(=O)(=O)c1cccc(C(=O)NCC(C)(C)N2CCCCC2)c1. The van der Waals surface area contributed by atoms with Crippen molar-refractivity contribution in [2.24, 2.45) is 0 Å². The molecule has 1 aliphatic rings. The summed E-state index contributed by atoms with van der Waals surface area (Å²) in [7, 11) is -3.72. The fourth-order valence-corrected chi connectivity index (χ4v) is 4.01. The molecule has 1 heterocycles. The molecule has 1 saturated heterocycles. The molecule has 2 N–H and O–H groups in total. The molecule has 0 unspecified atom stereocenters. The number of piperidine rings is 1. The van der Waals surface area contributed by atoms with Crippen molar-refractivity contribution in [1.29, 1.82) is 0 Å². The van der Waals surface area contributed by atoms with Crippen LogP contribution in [0.25, 0.3) is 0 Å². The van der Waals surface area contributed by atoms with Gasteiger partial charge in [-0.1, -0.05) is 18.4 Å². The molecule has 0 saturated carbocycles. The number of amides is 1. The lowest BCUT2D eigenvalue weighted by molar-refractivity contribution is 0.0797. The number of likely N-dealkylation sites (tertiary alicyclic amines) is 1. The van der Waals surface area contributed by atoms with Gasteiger partial charge in [0, 0.05) is 17.6 Å². The van der Waals surface area contributed by atoms with E-state index < -0.39 is 10.0 Å². The molecule has 6 nitrogen and oxygen atoms in total. The maximum atomic E-state index is 12.5. The van der Waals surface area contributed by atoms with Crippen LogP contribution >= 0.6 is 0 Å². The summed E-state index contributed by atoms with van der Waals surface area (Å²) in [4.78, 5) is 14.9. The number of hydrogen-bond donors (Lipinski definition) is 2. The highest BCUT2D eigenvalue weighted by Gasteiger charge is 2.28. The van der Waals surface area contributed by atoms with E-state index in [2.05, 4.69) is 34.7 Å². The zero-order valence-corrected chi connectivity index (χ0v) is 16.2. The Labute approximate surface area is 156 Å². The van der Waals surface area contributed by atoms with Gasteiger partial charge in [0.15, 0.2) is 0 Å². The molecule has 2 rings (SSSR count). The third kappa shape index (κ3) is 5.31. The van der Waals surface area contributed by atoms with E-state index in [0.29, 0.717) is 12.1 Å². The van der Waals surface area contributed by atoms with Gasteiger partial charge in [-0.2, -0.15) is 4.72 Å². The van der Waals surface area contributed by atoms with Gasteiger partial charge < -0.3 is 5.32 Å². The second-order valence-electron chi connectivity index (χ2n) is 7.10. The first-order valence-corrected chi connectivity index (χ1v) is 10.3. The fraction of sp³-hybridized carbons (Fsp3) is 0.526. The van der Waals surface area contributed by atoms with Crippen molar-refractivity contribution in [1.82, 2.24) is 14.9 Å². The average Bonchev–Trinajstić information content (AvgIpc) is 2.65. The maximum absolute atomic E-state index is 12.5. The van der Waals surface area contributed by atoms with E-state index in [-0.39, 0.29) is 22.9 Å². The summed E-state index contributed by atoms with van der Waals surface area (Å²) in [6.07, 6.45) is 8.71. The standard InChI is InChI=1S/C19H27N3O3S/c1-4-11-21-26(24,25)17-10-8-9-16(14-17)18(23)20-15-19(2,3)22-12-6-5-7-13-22/h1,8-10,14,21H,5-7,11-13,15H2,2-3H3,(H,20,23). The van der Waals surface area contributed by atoms with Gasteiger partial charge in [-0.15, -0.1) is 6.42 Å². The third-order valence-corrected chi connectivity index (χ3v) is 6.06. The molecule has 0 aromatic heterocycles. The number of benzene rings is 1. The van der Waals surface area contributed by atoms with Crippen LogP contribution in [-0.2, 0) is 10.0 Å². The molecule has 0 radical (unpaired) electrons. The van der Waals surface area contributed by atoms with E-state index in [1.807, 2.05) is 0 Å². The fourth-order valence-electron chi connectivity index (χ4n) is 3.03. The van der Waals surface area contributed by atoms with Crippen LogP contribution in [0.3, 0.4) is 0 Å². The van der Waals surface area contributed by atoms with Crippen molar-refractivity contribution in [3.8, 4) is 12.3 Å². The van der Waals surface area contributed by atoms with Gasteiger partial charge in [0.2, 0.25) is 10.0 Å². The minimum absolute atomic E-state index is 0.0238. The highest BCUT2D eigenvalue weighted by atomic mass is 32.2. The molecule has 1 amide bonds. The Bertz CT molecular complexity index is 775. The first-order chi connectivity index (χ1) is 12.3. The highest BCUT2D eigenvalue weighted by Crippen LogP contribution is 2.20. The number of nitrogens with one attached hydrogen (secondary N) is 2. The van der Waals surface area contributed by atoms with E-state index in [4.69, 9.17) is 6.42 Å². The Morgan fingerprint density at radius 1 is 1.27 bits per heavy atom. The van der Waals surface area contributed by atoms with Crippen LogP contribution in [0.1, 0.15) is 43.5 Å². The monoisotopic (exact) mass is 377 g/mol. The van der Waals surface area contributed by atoms with Crippen molar-refractivity contribution < 1.29 is 13.2 Å². The molecule has 0 bridgehead atoms. The predicted octanol–water partition coefficient (Wildman–Crippen LogP) is 1.59. The van der Waals surface area contributed by atoms with E-state index >= 15 is 0 Å². The van der Waals surface area contributed by atoms with Gasteiger partial charge in [0.1, 0.15) is 0 Å². The third-order valence-electron chi connectivity index (χ3n) is 4.66. The van der Waals surface area contributed by atoms with Gasteiger partial charge >= 0.3 is 0 Å². The molecule has 142 valence electrons. The molecular formula is C19H27N3O3S.